The fourth-order valence-corrected chi connectivity index (χ4v) is 3.46. The molecule has 0 atom stereocenters. The van der Waals surface area contributed by atoms with Crippen molar-refractivity contribution in [3.8, 4) is 0 Å². The summed E-state index contributed by atoms with van der Waals surface area (Å²) in [5.41, 5.74) is 1.24. The molecular weight excluding hydrogens is 286 g/mol. The van der Waals surface area contributed by atoms with Gasteiger partial charge in [0.15, 0.2) is 4.34 Å². The van der Waals surface area contributed by atoms with Gasteiger partial charge in [-0.3, -0.25) is 0 Å². The summed E-state index contributed by atoms with van der Waals surface area (Å²) in [5, 5.41) is 4.08. The topological polar surface area (TPSA) is 37.8 Å². The van der Waals surface area contributed by atoms with Crippen LogP contribution in [0, 0.1) is 6.92 Å². The first-order valence-corrected chi connectivity index (χ1v) is 7.63. The maximum Gasteiger partial charge on any atom is 0.174 e. The van der Waals surface area contributed by atoms with Crippen LogP contribution in [-0.2, 0) is 6.54 Å². The highest BCUT2D eigenvalue weighted by molar-refractivity contribution is 8.01. The van der Waals surface area contributed by atoms with E-state index in [0.717, 1.165) is 33.2 Å². The molecule has 6 heteroatoms. The van der Waals surface area contributed by atoms with Crippen LogP contribution in [0.15, 0.2) is 27.4 Å². The Kier molecular flexibility index (Phi) is 5.00. The summed E-state index contributed by atoms with van der Waals surface area (Å²) in [4.78, 5) is 5.50. The Balaban J connectivity index is 2.21. The maximum atomic E-state index is 6.06. The molecule has 2 aromatic rings. The van der Waals surface area contributed by atoms with Gasteiger partial charge in [0.05, 0.1) is 0 Å². The van der Waals surface area contributed by atoms with Crippen LogP contribution in [0.5, 0.6) is 0 Å². The van der Waals surface area contributed by atoms with Gasteiger partial charge in [-0.1, -0.05) is 36.4 Å². The van der Waals surface area contributed by atoms with Crippen LogP contribution < -0.4 is 5.32 Å². The van der Waals surface area contributed by atoms with Crippen molar-refractivity contribution in [2.75, 3.05) is 6.54 Å². The molecule has 3 nitrogen and oxygen atoms in total. The van der Waals surface area contributed by atoms with Crippen LogP contribution in [0.25, 0.3) is 0 Å². The Hall–Kier alpha value is -0.620. The van der Waals surface area contributed by atoms with Crippen molar-refractivity contribution in [1.29, 1.82) is 0 Å². The molecule has 0 bridgehead atoms. The van der Waals surface area contributed by atoms with Crippen molar-refractivity contribution >= 4 is 34.9 Å². The molecule has 1 aromatic carbocycles. The van der Waals surface area contributed by atoms with Gasteiger partial charge in [-0.25, -0.2) is 4.98 Å². The molecule has 0 unspecified atom stereocenters. The number of halogens is 1. The van der Waals surface area contributed by atoms with Crippen LogP contribution in [0.4, 0.5) is 0 Å². The van der Waals surface area contributed by atoms with E-state index in [1.807, 2.05) is 19.1 Å². The largest absolute Gasteiger partial charge is 0.313 e. The number of nitrogens with zero attached hydrogens (tertiary/aromatic N) is 2. The Bertz CT molecular complexity index is 528. The number of aromatic nitrogens is 2. The molecule has 0 radical (unpaired) electrons. The average Bonchev–Trinajstić information content (AvgIpc) is 2.74. The maximum absolute atomic E-state index is 6.06. The smallest absolute Gasteiger partial charge is 0.174 e. The lowest BCUT2D eigenvalue weighted by atomic mass is 10.2. The second-order valence-corrected chi connectivity index (χ2v) is 6.22. The van der Waals surface area contributed by atoms with Crippen molar-refractivity contribution in [2.45, 2.75) is 29.6 Å². The molecule has 0 aliphatic heterocycles. The third-order valence-electron chi connectivity index (χ3n) is 2.30. The number of benzene rings is 1. The third kappa shape index (κ3) is 3.68. The summed E-state index contributed by atoms with van der Waals surface area (Å²) in [7, 11) is 0. The van der Waals surface area contributed by atoms with E-state index < -0.39 is 0 Å². The van der Waals surface area contributed by atoms with E-state index in [4.69, 9.17) is 11.6 Å². The predicted molar refractivity (Wildman–Crippen MR) is 77.6 cm³/mol. The molecule has 0 aliphatic rings. The van der Waals surface area contributed by atoms with Crippen molar-refractivity contribution < 1.29 is 0 Å². The van der Waals surface area contributed by atoms with E-state index in [9.17, 15) is 0 Å². The first-order chi connectivity index (χ1) is 8.69. The highest BCUT2D eigenvalue weighted by Crippen LogP contribution is 2.33. The molecule has 0 saturated carbocycles. The summed E-state index contributed by atoms with van der Waals surface area (Å²) in [5.74, 6) is 0.817. The number of rotatable bonds is 5. The Morgan fingerprint density at radius 1 is 1.44 bits per heavy atom. The van der Waals surface area contributed by atoms with E-state index in [-0.39, 0.29) is 0 Å². The molecule has 18 heavy (non-hydrogen) atoms. The standard InChI is InChI=1S/C12H14ClN3S2/c1-3-14-7-9-4-5-10(13)6-11(9)17-12-15-8(2)16-18-12/h4-6,14H,3,7H2,1-2H3. The summed E-state index contributed by atoms with van der Waals surface area (Å²) in [6.07, 6.45) is 0. The van der Waals surface area contributed by atoms with Crippen LogP contribution in [0.2, 0.25) is 5.02 Å². The van der Waals surface area contributed by atoms with Crippen LogP contribution >= 0.6 is 34.9 Å². The number of aryl methyl sites for hydroxylation is 1. The normalized spacial score (nSPS) is 10.8. The fourth-order valence-electron chi connectivity index (χ4n) is 1.44. The van der Waals surface area contributed by atoms with E-state index >= 15 is 0 Å². The van der Waals surface area contributed by atoms with Gasteiger partial charge in [0, 0.05) is 16.5 Å². The Labute approximate surface area is 120 Å². The highest BCUT2D eigenvalue weighted by atomic mass is 35.5. The van der Waals surface area contributed by atoms with Crippen LogP contribution in [-0.4, -0.2) is 15.9 Å². The van der Waals surface area contributed by atoms with Gasteiger partial charge >= 0.3 is 0 Å². The average molecular weight is 300 g/mol. The lowest BCUT2D eigenvalue weighted by Crippen LogP contribution is -2.12. The van der Waals surface area contributed by atoms with Gasteiger partial charge in [0.2, 0.25) is 0 Å². The van der Waals surface area contributed by atoms with E-state index in [2.05, 4.69) is 27.7 Å². The molecule has 0 fully saturated rings. The monoisotopic (exact) mass is 299 g/mol. The van der Waals surface area contributed by atoms with Gasteiger partial charge in [0.1, 0.15) is 5.82 Å². The Morgan fingerprint density at radius 2 is 2.28 bits per heavy atom. The zero-order chi connectivity index (χ0) is 13.0. The van der Waals surface area contributed by atoms with E-state index in [1.54, 1.807) is 11.8 Å². The van der Waals surface area contributed by atoms with E-state index in [1.165, 1.54) is 17.1 Å². The summed E-state index contributed by atoms with van der Waals surface area (Å²) >= 11 is 9.10. The number of hydrogen-bond acceptors (Lipinski definition) is 5. The predicted octanol–water partition coefficient (Wildman–Crippen LogP) is 3.76. The third-order valence-corrected chi connectivity index (χ3v) is 4.48. The summed E-state index contributed by atoms with van der Waals surface area (Å²) < 4.78 is 5.14. The SMILES string of the molecule is CCNCc1ccc(Cl)cc1Sc1nc(C)ns1. The van der Waals surface area contributed by atoms with Gasteiger partial charge in [-0.15, -0.1) is 0 Å². The van der Waals surface area contributed by atoms with Gasteiger partial charge in [-0.2, -0.15) is 4.37 Å². The van der Waals surface area contributed by atoms with Crippen molar-refractivity contribution in [3.63, 3.8) is 0 Å². The Morgan fingerprint density at radius 3 is 2.94 bits per heavy atom. The van der Waals surface area contributed by atoms with Crippen LogP contribution in [0.1, 0.15) is 18.3 Å². The number of hydrogen-bond donors (Lipinski definition) is 1. The van der Waals surface area contributed by atoms with Crippen molar-refractivity contribution in [2.24, 2.45) is 0 Å². The molecular formula is C12H14ClN3S2. The molecule has 96 valence electrons. The molecule has 0 aliphatic carbocycles. The molecule has 0 saturated heterocycles. The minimum atomic E-state index is 0.749. The van der Waals surface area contributed by atoms with Crippen LogP contribution in [0.3, 0.4) is 0 Å². The van der Waals surface area contributed by atoms with E-state index in [0.29, 0.717) is 0 Å². The molecule has 1 N–H and O–H groups in total. The second-order valence-electron chi connectivity index (χ2n) is 3.74. The second kappa shape index (κ2) is 6.52. The first-order valence-electron chi connectivity index (χ1n) is 5.66. The lowest BCUT2D eigenvalue weighted by Gasteiger charge is -2.08. The van der Waals surface area contributed by atoms with Gasteiger partial charge < -0.3 is 5.32 Å². The molecule has 1 heterocycles. The zero-order valence-corrected chi connectivity index (χ0v) is 12.6. The fraction of sp³-hybridized carbons (Fsp3) is 0.333. The molecule has 0 spiro atoms. The molecule has 2 rings (SSSR count). The first kappa shape index (κ1) is 13.8. The summed E-state index contributed by atoms with van der Waals surface area (Å²) in [6, 6.07) is 5.96. The minimum Gasteiger partial charge on any atom is -0.313 e. The minimum absolute atomic E-state index is 0.749. The number of nitrogens with one attached hydrogen (secondary N) is 1. The zero-order valence-electron chi connectivity index (χ0n) is 10.2. The lowest BCUT2D eigenvalue weighted by molar-refractivity contribution is 0.718. The molecule has 0 amide bonds. The quantitative estimate of drug-likeness (QED) is 0.912. The van der Waals surface area contributed by atoms with Gasteiger partial charge in [-0.05, 0) is 42.7 Å². The van der Waals surface area contributed by atoms with Crippen molar-refractivity contribution in [1.82, 2.24) is 14.7 Å². The molecule has 1 aromatic heterocycles. The summed E-state index contributed by atoms with van der Waals surface area (Å²) in [6.45, 7) is 5.79. The van der Waals surface area contributed by atoms with Crippen molar-refractivity contribution in [3.05, 3.63) is 34.6 Å². The highest BCUT2D eigenvalue weighted by Gasteiger charge is 2.08. The van der Waals surface area contributed by atoms with Gasteiger partial charge in [0.25, 0.3) is 0 Å².